The molecule has 1 atom stereocenters. The normalized spacial score (nSPS) is 21.0. The standard InChI is InChI=1S/C19H25N3O4/c1-2-26-18(24)14-8-10-21(11-9-14)19(25)20-15-12-17(23)22(13-15)16-6-4-3-5-7-16/h3-7,14-15H,2,8-13H2,1H3,(H,20,25)/t15-/m1/s1. The minimum atomic E-state index is -0.196. The van der Waals surface area contributed by atoms with Crippen LogP contribution in [0.25, 0.3) is 0 Å². The molecule has 0 saturated carbocycles. The number of esters is 1. The van der Waals surface area contributed by atoms with Crippen LogP contribution in [0.15, 0.2) is 30.3 Å². The number of nitrogens with zero attached hydrogens (tertiary/aromatic N) is 2. The number of amides is 3. The first kappa shape index (κ1) is 18.2. The summed E-state index contributed by atoms with van der Waals surface area (Å²) in [5.41, 5.74) is 0.851. The monoisotopic (exact) mass is 359 g/mol. The van der Waals surface area contributed by atoms with Gasteiger partial charge >= 0.3 is 12.0 Å². The van der Waals surface area contributed by atoms with E-state index in [1.165, 1.54) is 0 Å². The van der Waals surface area contributed by atoms with E-state index in [0.717, 1.165) is 5.69 Å². The second kappa shape index (κ2) is 8.21. The van der Waals surface area contributed by atoms with Crippen LogP contribution in [-0.4, -0.2) is 55.1 Å². The number of hydrogen-bond donors (Lipinski definition) is 1. The molecule has 7 nitrogen and oxygen atoms in total. The Bertz CT molecular complexity index is 656. The molecule has 0 spiro atoms. The maximum atomic E-state index is 12.5. The number of hydrogen-bond acceptors (Lipinski definition) is 4. The van der Waals surface area contributed by atoms with Crippen molar-refractivity contribution in [2.75, 3.05) is 31.1 Å². The maximum Gasteiger partial charge on any atom is 0.317 e. The molecule has 2 fully saturated rings. The predicted octanol–water partition coefficient (Wildman–Crippen LogP) is 1.78. The van der Waals surface area contributed by atoms with Gasteiger partial charge < -0.3 is 19.9 Å². The molecule has 140 valence electrons. The molecular weight excluding hydrogens is 334 g/mol. The zero-order valence-electron chi connectivity index (χ0n) is 15.0. The molecule has 2 aliphatic rings. The second-order valence-corrected chi connectivity index (χ2v) is 6.70. The van der Waals surface area contributed by atoms with Crippen LogP contribution in [-0.2, 0) is 14.3 Å². The van der Waals surface area contributed by atoms with E-state index in [9.17, 15) is 14.4 Å². The molecule has 26 heavy (non-hydrogen) atoms. The Morgan fingerprint density at radius 2 is 1.88 bits per heavy atom. The van der Waals surface area contributed by atoms with Crippen molar-refractivity contribution in [3.8, 4) is 0 Å². The molecule has 0 aromatic heterocycles. The van der Waals surface area contributed by atoms with Crippen LogP contribution < -0.4 is 10.2 Å². The van der Waals surface area contributed by atoms with Gasteiger partial charge in [0.2, 0.25) is 5.91 Å². The van der Waals surface area contributed by atoms with E-state index in [2.05, 4.69) is 5.32 Å². The van der Waals surface area contributed by atoms with Gasteiger partial charge in [0, 0.05) is 31.7 Å². The van der Waals surface area contributed by atoms with Crippen LogP contribution in [0, 0.1) is 5.92 Å². The van der Waals surface area contributed by atoms with E-state index in [0.29, 0.717) is 45.5 Å². The Kier molecular flexibility index (Phi) is 5.75. The summed E-state index contributed by atoms with van der Waals surface area (Å²) in [7, 11) is 0. The quantitative estimate of drug-likeness (QED) is 0.831. The van der Waals surface area contributed by atoms with E-state index in [1.807, 2.05) is 30.3 Å². The number of nitrogens with one attached hydrogen (secondary N) is 1. The molecule has 1 N–H and O–H groups in total. The Morgan fingerprint density at radius 3 is 2.54 bits per heavy atom. The van der Waals surface area contributed by atoms with E-state index in [-0.39, 0.29) is 29.9 Å². The van der Waals surface area contributed by atoms with Crippen molar-refractivity contribution < 1.29 is 19.1 Å². The van der Waals surface area contributed by atoms with Gasteiger partial charge in [-0.25, -0.2) is 4.79 Å². The zero-order valence-corrected chi connectivity index (χ0v) is 15.0. The van der Waals surface area contributed by atoms with E-state index >= 15 is 0 Å². The van der Waals surface area contributed by atoms with E-state index < -0.39 is 0 Å². The number of carbonyl (C=O) groups is 3. The fourth-order valence-electron chi connectivity index (χ4n) is 3.51. The topological polar surface area (TPSA) is 79.0 Å². The summed E-state index contributed by atoms with van der Waals surface area (Å²) in [5, 5.41) is 2.96. The van der Waals surface area contributed by atoms with Crippen LogP contribution in [0.5, 0.6) is 0 Å². The smallest absolute Gasteiger partial charge is 0.317 e. The summed E-state index contributed by atoms with van der Waals surface area (Å²) in [6.07, 6.45) is 1.54. The largest absolute Gasteiger partial charge is 0.466 e. The maximum absolute atomic E-state index is 12.5. The molecule has 0 unspecified atom stereocenters. The van der Waals surface area contributed by atoms with Crippen molar-refractivity contribution in [3.05, 3.63) is 30.3 Å². The van der Waals surface area contributed by atoms with Crippen molar-refractivity contribution >= 4 is 23.6 Å². The Balaban J connectivity index is 1.49. The lowest BCUT2D eigenvalue weighted by atomic mass is 9.97. The summed E-state index contributed by atoms with van der Waals surface area (Å²) < 4.78 is 5.05. The third-order valence-electron chi connectivity index (χ3n) is 4.92. The molecule has 0 radical (unpaired) electrons. The molecule has 1 aromatic carbocycles. The minimum Gasteiger partial charge on any atom is -0.466 e. The fraction of sp³-hybridized carbons (Fsp3) is 0.526. The Labute approximate surface area is 153 Å². The SMILES string of the molecule is CCOC(=O)C1CCN(C(=O)N[C@@H]2CC(=O)N(c3ccccc3)C2)CC1. The average Bonchev–Trinajstić information content (AvgIpc) is 3.03. The molecule has 2 heterocycles. The predicted molar refractivity (Wildman–Crippen MR) is 96.7 cm³/mol. The van der Waals surface area contributed by atoms with E-state index in [1.54, 1.807) is 16.7 Å². The van der Waals surface area contributed by atoms with Crippen molar-refractivity contribution in [2.24, 2.45) is 5.92 Å². The number of likely N-dealkylation sites (tertiary alicyclic amines) is 1. The molecule has 7 heteroatoms. The van der Waals surface area contributed by atoms with Gasteiger partial charge in [0.1, 0.15) is 0 Å². The Hall–Kier alpha value is -2.57. The van der Waals surface area contributed by atoms with Gasteiger partial charge in [-0.1, -0.05) is 18.2 Å². The third kappa shape index (κ3) is 4.15. The lowest BCUT2D eigenvalue weighted by molar-refractivity contribution is -0.149. The number of rotatable bonds is 4. The minimum absolute atomic E-state index is 0.0162. The molecule has 3 amide bonds. The van der Waals surface area contributed by atoms with Crippen LogP contribution in [0.3, 0.4) is 0 Å². The zero-order chi connectivity index (χ0) is 18.5. The molecule has 1 aromatic rings. The second-order valence-electron chi connectivity index (χ2n) is 6.70. The van der Waals surface area contributed by atoms with Crippen LogP contribution in [0.2, 0.25) is 0 Å². The highest BCUT2D eigenvalue weighted by atomic mass is 16.5. The molecular formula is C19H25N3O4. The molecule has 0 bridgehead atoms. The van der Waals surface area contributed by atoms with Crippen molar-refractivity contribution in [2.45, 2.75) is 32.2 Å². The number of anilines is 1. The first-order valence-electron chi connectivity index (χ1n) is 9.16. The van der Waals surface area contributed by atoms with Gasteiger partial charge in [-0.05, 0) is 31.9 Å². The highest BCUT2D eigenvalue weighted by molar-refractivity contribution is 5.96. The summed E-state index contributed by atoms with van der Waals surface area (Å²) >= 11 is 0. The average molecular weight is 359 g/mol. The fourth-order valence-corrected chi connectivity index (χ4v) is 3.51. The van der Waals surface area contributed by atoms with Crippen LogP contribution >= 0.6 is 0 Å². The first-order valence-corrected chi connectivity index (χ1v) is 9.16. The molecule has 2 saturated heterocycles. The van der Waals surface area contributed by atoms with Crippen molar-refractivity contribution in [1.29, 1.82) is 0 Å². The number of benzene rings is 1. The highest BCUT2D eigenvalue weighted by Crippen LogP contribution is 2.22. The molecule has 0 aliphatic carbocycles. The van der Waals surface area contributed by atoms with Crippen molar-refractivity contribution in [3.63, 3.8) is 0 Å². The lowest BCUT2D eigenvalue weighted by Gasteiger charge is -2.31. The summed E-state index contributed by atoms with van der Waals surface area (Å²) in [6, 6.07) is 9.11. The van der Waals surface area contributed by atoms with Gasteiger partial charge in [0.05, 0.1) is 18.6 Å². The number of urea groups is 1. The number of piperidine rings is 1. The molecule has 2 aliphatic heterocycles. The summed E-state index contributed by atoms with van der Waals surface area (Å²) in [5.74, 6) is -0.282. The Morgan fingerprint density at radius 1 is 1.19 bits per heavy atom. The van der Waals surface area contributed by atoms with Gasteiger partial charge in [0.25, 0.3) is 0 Å². The lowest BCUT2D eigenvalue weighted by Crippen LogP contribution is -2.49. The highest BCUT2D eigenvalue weighted by Gasteiger charge is 2.34. The number of carbonyl (C=O) groups excluding carboxylic acids is 3. The number of para-hydroxylation sites is 1. The van der Waals surface area contributed by atoms with Crippen LogP contribution in [0.1, 0.15) is 26.2 Å². The van der Waals surface area contributed by atoms with Gasteiger partial charge in [0.15, 0.2) is 0 Å². The van der Waals surface area contributed by atoms with E-state index in [4.69, 9.17) is 4.74 Å². The van der Waals surface area contributed by atoms with Gasteiger partial charge in [-0.2, -0.15) is 0 Å². The summed E-state index contributed by atoms with van der Waals surface area (Å²) in [4.78, 5) is 39.9. The van der Waals surface area contributed by atoms with Gasteiger partial charge in [-0.3, -0.25) is 9.59 Å². The first-order chi connectivity index (χ1) is 12.6. The number of ether oxygens (including phenoxy) is 1. The third-order valence-corrected chi connectivity index (χ3v) is 4.92. The summed E-state index contributed by atoms with van der Waals surface area (Å²) in [6.45, 7) is 3.71. The van der Waals surface area contributed by atoms with Crippen molar-refractivity contribution in [1.82, 2.24) is 10.2 Å². The van der Waals surface area contributed by atoms with Crippen LogP contribution in [0.4, 0.5) is 10.5 Å². The molecule has 3 rings (SSSR count). The van der Waals surface area contributed by atoms with Gasteiger partial charge in [-0.15, -0.1) is 0 Å².